The minimum atomic E-state index is 0.747. The van der Waals surface area contributed by atoms with Crippen molar-refractivity contribution in [3.63, 3.8) is 0 Å². The van der Waals surface area contributed by atoms with Crippen LogP contribution in [0.1, 0.15) is 23.4 Å². The fraction of sp³-hybridized carbons (Fsp3) is 0.467. The molecule has 0 amide bonds. The van der Waals surface area contributed by atoms with E-state index in [0.29, 0.717) is 0 Å². The predicted molar refractivity (Wildman–Crippen MR) is 78.1 cm³/mol. The summed E-state index contributed by atoms with van der Waals surface area (Å²) in [7, 11) is 0. The van der Waals surface area contributed by atoms with Crippen LogP contribution in [0.3, 0.4) is 0 Å². The third-order valence-corrected chi connectivity index (χ3v) is 4.45. The summed E-state index contributed by atoms with van der Waals surface area (Å²) in [5.41, 5.74) is 3.15. The summed E-state index contributed by atoms with van der Waals surface area (Å²) in [6.45, 7) is 3.47. The van der Waals surface area contributed by atoms with Crippen molar-refractivity contribution in [3.05, 3.63) is 46.7 Å². The molecular formula is C15H19N3S. The van der Waals surface area contributed by atoms with Crippen LogP contribution in [0.2, 0.25) is 0 Å². The van der Waals surface area contributed by atoms with Gasteiger partial charge in [0.1, 0.15) is 0 Å². The number of hydrogen-bond acceptors (Lipinski definition) is 4. The van der Waals surface area contributed by atoms with E-state index < -0.39 is 0 Å². The van der Waals surface area contributed by atoms with E-state index in [9.17, 15) is 0 Å². The van der Waals surface area contributed by atoms with Crippen LogP contribution >= 0.6 is 11.3 Å². The van der Waals surface area contributed by atoms with Gasteiger partial charge < -0.3 is 0 Å². The Morgan fingerprint density at radius 2 is 2.37 bits per heavy atom. The summed E-state index contributed by atoms with van der Waals surface area (Å²) in [4.78, 5) is 12.5. The maximum Gasteiger partial charge on any atom is 0.0794 e. The lowest BCUT2D eigenvalue weighted by Gasteiger charge is -2.32. The fourth-order valence-electron chi connectivity index (χ4n) is 2.82. The molecule has 0 aliphatic carbocycles. The minimum Gasteiger partial charge on any atom is -0.298 e. The number of piperidine rings is 1. The molecule has 0 radical (unpaired) electrons. The van der Waals surface area contributed by atoms with E-state index >= 15 is 0 Å². The van der Waals surface area contributed by atoms with Gasteiger partial charge in [-0.05, 0) is 43.9 Å². The minimum absolute atomic E-state index is 0.747. The van der Waals surface area contributed by atoms with Gasteiger partial charge >= 0.3 is 0 Å². The molecule has 1 saturated heterocycles. The molecule has 3 rings (SSSR count). The van der Waals surface area contributed by atoms with Gasteiger partial charge in [0.05, 0.1) is 5.51 Å². The number of rotatable bonds is 4. The maximum atomic E-state index is 4.45. The molecule has 3 heterocycles. The Morgan fingerprint density at radius 3 is 3.16 bits per heavy atom. The molecule has 0 aromatic carbocycles. The Kier molecular flexibility index (Phi) is 4.20. The van der Waals surface area contributed by atoms with Crippen LogP contribution in [0.25, 0.3) is 0 Å². The standard InChI is InChI=1S/C15H19N3S/c1-2-6-17-14(5-1)8-13-4-3-7-18(10-13)11-15-9-16-12-19-15/h1-2,5-6,9,12-13H,3-4,7-8,10-11H2/t13-/m0/s1. The normalized spacial score (nSPS) is 20.5. The zero-order chi connectivity index (χ0) is 12.9. The Bertz CT molecular complexity index is 483. The molecule has 0 saturated carbocycles. The average molecular weight is 273 g/mol. The highest BCUT2D eigenvalue weighted by molar-refractivity contribution is 7.09. The van der Waals surface area contributed by atoms with Crippen LogP contribution in [0.15, 0.2) is 36.1 Å². The van der Waals surface area contributed by atoms with Crippen molar-refractivity contribution < 1.29 is 0 Å². The van der Waals surface area contributed by atoms with Crippen molar-refractivity contribution in [2.24, 2.45) is 5.92 Å². The van der Waals surface area contributed by atoms with E-state index in [1.807, 2.05) is 24.0 Å². The molecule has 2 aromatic rings. The maximum absolute atomic E-state index is 4.45. The zero-order valence-corrected chi connectivity index (χ0v) is 11.9. The van der Waals surface area contributed by atoms with Gasteiger partial charge in [-0.3, -0.25) is 14.9 Å². The third-order valence-electron chi connectivity index (χ3n) is 3.69. The van der Waals surface area contributed by atoms with Crippen LogP contribution < -0.4 is 0 Å². The number of likely N-dealkylation sites (tertiary alicyclic amines) is 1. The van der Waals surface area contributed by atoms with Crippen LogP contribution in [0.4, 0.5) is 0 Å². The van der Waals surface area contributed by atoms with Crippen molar-refractivity contribution in [2.45, 2.75) is 25.8 Å². The molecule has 100 valence electrons. The van der Waals surface area contributed by atoms with E-state index in [1.54, 1.807) is 11.3 Å². The van der Waals surface area contributed by atoms with Gasteiger partial charge in [0.15, 0.2) is 0 Å². The van der Waals surface area contributed by atoms with Crippen molar-refractivity contribution in [2.75, 3.05) is 13.1 Å². The van der Waals surface area contributed by atoms with Gasteiger partial charge in [0.2, 0.25) is 0 Å². The molecule has 0 spiro atoms. The summed E-state index contributed by atoms with van der Waals surface area (Å²) in [5.74, 6) is 0.747. The molecule has 0 unspecified atom stereocenters. The van der Waals surface area contributed by atoms with Gasteiger partial charge in [-0.15, -0.1) is 11.3 Å². The van der Waals surface area contributed by atoms with Gasteiger partial charge in [0, 0.05) is 36.1 Å². The first-order valence-electron chi connectivity index (χ1n) is 6.90. The van der Waals surface area contributed by atoms with Gasteiger partial charge in [-0.1, -0.05) is 6.07 Å². The van der Waals surface area contributed by atoms with Gasteiger partial charge in [-0.25, -0.2) is 0 Å². The number of pyridine rings is 1. The highest BCUT2D eigenvalue weighted by Gasteiger charge is 2.20. The second-order valence-corrected chi connectivity index (χ2v) is 6.21. The SMILES string of the molecule is c1ccc(C[C@@H]2CCCN(Cc3cncs3)C2)nc1. The van der Waals surface area contributed by atoms with Crippen molar-refractivity contribution in [1.29, 1.82) is 0 Å². The predicted octanol–water partition coefficient (Wildman–Crippen LogP) is 2.99. The Morgan fingerprint density at radius 1 is 1.37 bits per heavy atom. The molecule has 19 heavy (non-hydrogen) atoms. The number of thiazole rings is 1. The third kappa shape index (κ3) is 3.61. The lowest BCUT2D eigenvalue weighted by atomic mass is 9.93. The first kappa shape index (κ1) is 12.8. The molecule has 1 aliphatic rings. The summed E-state index contributed by atoms with van der Waals surface area (Å²) >= 11 is 1.76. The lowest BCUT2D eigenvalue weighted by Crippen LogP contribution is -2.35. The van der Waals surface area contributed by atoms with Crippen LogP contribution in [0, 0.1) is 5.92 Å². The van der Waals surface area contributed by atoms with Crippen LogP contribution in [-0.4, -0.2) is 28.0 Å². The fourth-order valence-corrected chi connectivity index (χ4v) is 3.45. The molecule has 1 fully saturated rings. The second-order valence-electron chi connectivity index (χ2n) is 5.24. The highest BCUT2D eigenvalue weighted by Crippen LogP contribution is 2.22. The Balaban J connectivity index is 1.56. The van der Waals surface area contributed by atoms with Crippen molar-refractivity contribution in [1.82, 2.24) is 14.9 Å². The Labute approximate surface area is 118 Å². The molecule has 2 aromatic heterocycles. The van der Waals surface area contributed by atoms with E-state index in [-0.39, 0.29) is 0 Å². The topological polar surface area (TPSA) is 29.0 Å². The molecule has 1 atom stereocenters. The summed E-state index contributed by atoms with van der Waals surface area (Å²) in [6, 6.07) is 6.21. The van der Waals surface area contributed by atoms with Crippen molar-refractivity contribution >= 4 is 11.3 Å². The van der Waals surface area contributed by atoms with Gasteiger partial charge in [0.25, 0.3) is 0 Å². The van der Waals surface area contributed by atoms with E-state index in [4.69, 9.17) is 0 Å². The molecule has 4 heteroatoms. The molecule has 0 N–H and O–H groups in total. The van der Waals surface area contributed by atoms with E-state index in [0.717, 1.165) is 18.9 Å². The second kappa shape index (κ2) is 6.26. The molecule has 3 nitrogen and oxygen atoms in total. The van der Waals surface area contributed by atoms with Gasteiger partial charge in [-0.2, -0.15) is 0 Å². The molecular weight excluding hydrogens is 254 g/mol. The summed E-state index contributed by atoms with van der Waals surface area (Å²) in [5, 5.41) is 0. The smallest absolute Gasteiger partial charge is 0.0794 e. The highest BCUT2D eigenvalue weighted by atomic mass is 32.1. The number of hydrogen-bond donors (Lipinski definition) is 0. The molecule has 0 bridgehead atoms. The Hall–Kier alpha value is -1.26. The van der Waals surface area contributed by atoms with Crippen molar-refractivity contribution in [3.8, 4) is 0 Å². The number of aromatic nitrogens is 2. The van der Waals surface area contributed by atoms with Crippen LogP contribution in [0.5, 0.6) is 0 Å². The zero-order valence-electron chi connectivity index (χ0n) is 11.0. The largest absolute Gasteiger partial charge is 0.298 e. The van der Waals surface area contributed by atoms with Crippen LogP contribution in [-0.2, 0) is 13.0 Å². The lowest BCUT2D eigenvalue weighted by molar-refractivity contribution is 0.167. The van der Waals surface area contributed by atoms with E-state index in [2.05, 4.69) is 27.0 Å². The first-order valence-corrected chi connectivity index (χ1v) is 7.78. The number of nitrogens with zero attached hydrogens (tertiary/aromatic N) is 3. The summed E-state index contributed by atoms with van der Waals surface area (Å²) in [6.07, 6.45) is 7.63. The average Bonchev–Trinajstić information content (AvgIpc) is 2.93. The summed E-state index contributed by atoms with van der Waals surface area (Å²) < 4.78 is 0. The molecule has 1 aliphatic heterocycles. The van der Waals surface area contributed by atoms with E-state index in [1.165, 1.54) is 36.5 Å². The first-order chi connectivity index (χ1) is 9.40. The monoisotopic (exact) mass is 273 g/mol. The quantitative estimate of drug-likeness (QED) is 0.857.